The Kier molecular flexibility index (Phi) is 7.33. The third kappa shape index (κ3) is 6.49. The largest absolute Gasteiger partial charge is 0.373 e. The predicted molar refractivity (Wildman–Crippen MR) is 98.3 cm³/mol. The van der Waals surface area contributed by atoms with Crippen LogP contribution in [0.4, 0.5) is 0 Å². The topological polar surface area (TPSA) is 48.9 Å². The summed E-state index contributed by atoms with van der Waals surface area (Å²) in [6.45, 7) is 11.4. The molecule has 23 heavy (non-hydrogen) atoms. The van der Waals surface area contributed by atoms with Gasteiger partial charge in [-0.15, -0.1) is 11.3 Å². The number of nitrogens with one attached hydrogen (secondary N) is 2. The molecule has 0 bridgehead atoms. The van der Waals surface area contributed by atoms with Gasteiger partial charge in [-0.25, -0.2) is 0 Å². The Morgan fingerprint density at radius 2 is 2.04 bits per heavy atom. The molecule has 0 aliphatic carbocycles. The maximum absolute atomic E-state index is 5.77. The molecular weight excluding hydrogens is 308 g/mol. The van der Waals surface area contributed by atoms with Crippen molar-refractivity contribution in [3.8, 4) is 0 Å². The van der Waals surface area contributed by atoms with Crippen LogP contribution in [0.2, 0.25) is 0 Å². The zero-order valence-electron chi connectivity index (χ0n) is 14.8. The van der Waals surface area contributed by atoms with Crippen molar-refractivity contribution >= 4 is 17.3 Å². The average Bonchev–Trinajstić information content (AvgIpc) is 2.91. The first-order chi connectivity index (χ1) is 11.1. The van der Waals surface area contributed by atoms with E-state index < -0.39 is 0 Å². The number of ether oxygens (including phenoxy) is 1. The second-order valence-corrected chi connectivity index (χ2v) is 7.61. The molecule has 5 nitrogen and oxygen atoms in total. The average molecular weight is 339 g/mol. The van der Waals surface area contributed by atoms with E-state index in [2.05, 4.69) is 53.4 Å². The van der Waals surface area contributed by atoms with Crippen molar-refractivity contribution in [3.05, 3.63) is 21.9 Å². The van der Waals surface area contributed by atoms with Gasteiger partial charge in [-0.2, -0.15) is 0 Å². The van der Waals surface area contributed by atoms with E-state index in [1.807, 2.05) is 18.4 Å². The van der Waals surface area contributed by atoms with Gasteiger partial charge in [-0.3, -0.25) is 9.89 Å². The van der Waals surface area contributed by atoms with Crippen LogP contribution in [0.25, 0.3) is 0 Å². The molecule has 0 saturated carbocycles. The van der Waals surface area contributed by atoms with Gasteiger partial charge in [0.2, 0.25) is 0 Å². The minimum absolute atomic E-state index is 0.343. The van der Waals surface area contributed by atoms with Crippen molar-refractivity contribution in [1.29, 1.82) is 0 Å². The number of hydrogen-bond donors (Lipinski definition) is 2. The molecule has 6 heteroatoms. The summed E-state index contributed by atoms with van der Waals surface area (Å²) in [5, 5.41) is 6.76. The highest BCUT2D eigenvalue weighted by atomic mass is 32.1. The number of thiophene rings is 1. The van der Waals surface area contributed by atoms with Gasteiger partial charge in [0.15, 0.2) is 5.96 Å². The van der Waals surface area contributed by atoms with Gasteiger partial charge in [-0.1, -0.05) is 0 Å². The van der Waals surface area contributed by atoms with Crippen LogP contribution in [0, 0.1) is 6.92 Å². The lowest BCUT2D eigenvalue weighted by molar-refractivity contribution is -0.0679. The molecule has 1 saturated heterocycles. The Morgan fingerprint density at radius 3 is 2.65 bits per heavy atom. The highest BCUT2D eigenvalue weighted by Gasteiger charge is 2.21. The quantitative estimate of drug-likeness (QED) is 0.474. The van der Waals surface area contributed by atoms with Crippen LogP contribution in [-0.2, 0) is 11.3 Å². The van der Waals surface area contributed by atoms with Crippen molar-refractivity contribution in [2.45, 2.75) is 45.9 Å². The summed E-state index contributed by atoms with van der Waals surface area (Å²) in [6, 6.07) is 4.32. The molecule has 1 aromatic rings. The van der Waals surface area contributed by atoms with Crippen LogP contribution in [0.15, 0.2) is 17.1 Å². The summed E-state index contributed by atoms with van der Waals surface area (Å²) in [5.41, 5.74) is 0. The van der Waals surface area contributed by atoms with Crippen molar-refractivity contribution in [3.63, 3.8) is 0 Å². The van der Waals surface area contributed by atoms with E-state index in [1.165, 1.54) is 9.75 Å². The van der Waals surface area contributed by atoms with Crippen LogP contribution in [0.1, 0.15) is 30.0 Å². The Morgan fingerprint density at radius 1 is 1.30 bits per heavy atom. The third-order valence-electron chi connectivity index (χ3n) is 3.89. The van der Waals surface area contributed by atoms with Crippen molar-refractivity contribution in [2.24, 2.45) is 4.99 Å². The lowest BCUT2D eigenvalue weighted by atomic mass is 10.2. The fraction of sp³-hybridized carbons (Fsp3) is 0.706. The number of morpholine rings is 1. The molecule has 0 spiro atoms. The van der Waals surface area contributed by atoms with E-state index in [0.29, 0.717) is 12.2 Å². The normalized spacial score (nSPS) is 23.0. The van der Waals surface area contributed by atoms with Gasteiger partial charge in [0.25, 0.3) is 0 Å². The Labute approximate surface area is 144 Å². The fourth-order valence-electron chi connectivity index (χ4n) is 2.95. The van der Waals surface area contributed by atoms with Gasteiger partial charge in [-0.05, 0) is 39.3 Å². The molecular formula is C17H30N4OS. The van der Waals surface area contributed by atoms with E-state index in [-0.39, 0.29) is 0 Å². The van der Waals surface area contributed by atoms with Gasteiger partial charge in [0.05, 0.1) is 18.8 Å². The van der Waals surface area contributed by atoms with E-state index in [9.17, 15) is 0 Å². The molecule has 2 heterocycles. The SMILES string of the molecule is CN=C(NCCCN1CC(C)OC(C)C1)NCc1ccc(C)s1. The summed E-state index contributed by atoms with van der Waals surface area (Å²) >= 11 is 1.82. The lowest BCUT2D eigenvalue weighted by Gasteiger charge is -2.35. The van der Waals surface area contributed by atoms with Crippen LogP contribution in [0.3, 0.4) is 0 Å². The molecule has 1 aliphatic rings. The molecule has 2 N–H and O–H groups in total. The van der Waals surface area contributed by atoms with Crippen LogP contribution >= 0.6 is 11.3 Å². The summed E-state index contributed by atoms with van der Waals surface area (Å²) < 4.78 is 5.77. The van der Waals surface area contributed by atoms with Gasteiger partial charge in [0, 0.05) is 43.0 Å². The highest BCUT2D eigenvalue weighted by Crippen LogP contribution is 2.14. The van der Waals surface area contributed by atoms with Crippen LogP contribution in [0.5, 0.6) is 0 Å². The maximum atomic E-state index is 5.77. The Hall–Kier alpha value is -1.11. The Balaban J connectivity index is 1.62. The summed E-state index contributed by atoms with van der Waals surface area (Å²) in [4.78, 5) is 9.46. The number of guanidine groups is 1. The molecule has 1 aromatic heterocycles. The first-order valence-corrected chi connectivity index (χ1v) is 9.26. The van der Waals surface area contributed by atoms with Crippen LogP contribution < -0.4 is 10.6 Å². The lowest BCUT2D eigenvalue weighted by Crippen LogP contribution is -2.46. The second kappa shape index (κ2) is 9.25. The zero-order chi connectivity index (χ0) is 16.7. The van der Waals surface area contributed by atoms with Crippen molar-refractivity contribution in [1.82, 2.24) is 15.5 Å². The molecule has 2 rings (SSSR count). The van der Waals surface area contributed by atoms with E-state index >= 15 is 0 Å². The first kappa shape index (κ1) is 18.2. The number of aliphatic imine (C=N–C) groups is 1. The van der Waals surface area contributed by atoms with Gasteiger partial charge in [0.1, 0.15) is 0 Å². The molecule has 1 fully saturated rings. The van der Waals surface area contributed by atoms with Crippen molar-refractivity contribution < 1.29 is 4.74 Å². The Bertz CT molecular complexity index is 493. The van der Waals surface area contributed by atoms with Gasteiger partial charge >= 0.3 is 0 Å². The predicted octanol–water partition coefficient (Wildman–Crippen LogP) is 2.22. The molecule has 130 valence electrons. The standard InChI is InChI=1S/C17H30N4OS/c1-13-11-21(12-14(2)22-13)9-5-8-19-17(18-4)20-10-16-7-6-15(3)23-16/h6-7,13-14H,5,8-12H2,1-4H3,(H2,18,19,20). The van der Waals surface area contributed by atoms with E-state index in [0.717, 1.165) is 45.1 Å². The molecule has 0 amide bonds. The zero-order valence-corrected chi connectivity index (χ0v) is 15.6. The molecule has 2 atom stereocenters. The molecule has 1 aliphatic heterocycles. The maximum Gasteiger partial charge on any atom is 0.191 e. The summed E-state index contributed by atoms with van der Waals surface area (Å²) in [5.74, 6) is 0.875. The minimum atomic E-state index is 0.343. The summed E-state index contributed by atoms with van der Waals surface area (Å²) in [7, 11) is 1.82. The number of hydrogen-bond acceptors (Lipinski definition) is 4. The fourth-order valence-corrected chi connectivity index (χ4v) is 3.78. The number of rotatable bonds is 6. The second-order valence-electron chi connectivity index (χ2n) is 6.24. The minimum Gasteiger partial charge on any atom is -0.373 e. The van der Waals surface area contributed by atoms with Crippen LogP contribution in [-0.4, -0.2) is 56.3 Å². The molecule has 2 unspecified atom stereocenters. The van der Waals surface area contributed by atoms with Crippen molar-refractivity contribution in [2.75, 3.05) is 33.2 Å². The molecule has 0 radical (unpaired) electrons. The summed E-state index contributed by atoms with van der Waals surface area (Å²) in [6.07, 6.45) is 1.80. The molecule has 0 aromatic carbocycles. The number of aryl methyl sites for hydroxylation is 1. The van der Waals surface area contributed by atoms with Gasteiger partial charge < -0.3 is 15.4 Å². The van der Waals surface area contributed by atoms with E-state index in [1.54, 1.807) is 0 Å². The first-order valence-electron chi connectivity index (χ1n) is 8.44. The monoisotopic (exact) mass is 338 g/mol. The highest BCUT2D eigenvalue weighted by molar-refractivity contribution is 7.11. The van der Waals surface area contributed by atoms with E-state index in [4.69, 9.17) is 4.74 Å². The number of nitrogens with zero attached hydrogens (tertiary/aromatic N) is 2. The third-order valence-corrected chi connectivity index (χ3v) is 4.89. The smallest absolute Gasteiger partial charge is 0.191 e.